The van der Waals surface area contributed by atoms with E-state index in [1.807, 2.05) is 40.9 Å². The minimum atomic E-state index is -1.00. The quantitative estimate of drug-likeness (QED) is 0.598. The highest BCUT2D eigenvalue weighted by Crippen LogP contribution is 2.22. The standard InChI is InChI=1S/C20H23N5O3/c21-16(20(26)27)11-13-1-3-14(4-2-13)17-12-22-19-6-5-18(24-25(17)19)23-15-7-9-28-10-8-15/h1-6,12,15-16H,7-11,21H2,(H,23,24)(H,26,27)/t16-/m0/s1. The van der Waals surface area contributed by atoms with Crippen LogP contribution in [-0.2, 0) is 16.0 Å². The van der Waals surface area contributed by atoms with E-state index in [0.717, 1.165) is 54.3 Å². The Hall–Kier alpha value is -2.97. The fraction of sp³-hybridized carbons (Fsp3) is 0.350. The van der Waals surface area contributed by atoms with E-state index in [4.69, 9.17) is 20.7 Å². The van der Waals surface area contributed by atoms with Crippen LogP contribution in [0.15, 0.2) is 42.6 Å². The zero-order valence-electron chi connectivity index (χ0n) is 15.4. The fourth-order valence-corrected chi connectivity index (χ4v) is 3.35. The van der Waals surface area contributed by atoms with Crippen LogP contribution in [0.25, 0.3) is 16.9 Å². The average molecular weight is 381 g/mol. The Balaban J connectivity index is 1.56. The fourth-order valence-electron chi connectivity index (χ4n) is 3.35. The van der Waals surface area contributed by atoms with Crippen LogP contribution in [0.3, 0.4) is 0 Å². The molecule has 146 valence electrons. The molecule has 0 unspecified atom stereocenters. The summed E-state index contributed by atoms with van der Waals surface area (Å²) < 4.78 is 7.22. The van der Waals surface area contributed by atoms with Crippen LogP contribution in [0.4, 0.5) is 5.82 Å². The summed E-state index contributed by atoms with van der Waals surface area (Å²) in [5.74, 6) is -0.192. The van der Waals surface area contributed by atoms with Crippen molar-refractivity contribution >= 4 is 17.4 Å². The first-order valence-corrected chi connectivity index (χ1v) is 9.37. The van der Waals surface area contributed by atoms with Crippen LogP contribution in [0, 0.1) is 0 Å². The monoisotopic (exact) mass is 381 g/mol. The number of benzene rings is 1. The van der Waals surface area contributed by atoms with Crippen molar-refractivity contribution in [2.24, 2.45) is 5.73 Å². The summed E-state index contributed by atoms with van der Waals surface area (Å²) in [7, 11) is 0. The van der Waals surface area contributed by atoms with Crippen molar-refractivity contribution < 1.29 is 14.6 Å². The molecule has 0 spiro atoms. The highest BCUT2D eigenvalue weighted by Gasteiger charge is 2.15. The maximum atomic E-state index is 10.9. The first-order valence-electron chi connectivity index (χ1n) is 9.37. The lowest BCUT2D eigenvalue weighted by molar-refractivity contribution is -0.138. The van der Waals surface area contributed by atoms with Gasteiger partial charge in [0.2, 0.25) is 0 Å². The third kappa shape index (κ3) is 3.97. The maximum absolute atomic E-state index is 10.9. The first kappa shape index (κ1) is 18.4. The lowest BCUT2D eigenvalue weighted by Gasteiger charge is -2.23. The van der Waals surface area contributed by atoms with Gasteiger partial charge in [-0.15, -0.1) is 5.10 Å². The molecule has 0 aliphatic carbocycles. The summed E-state index contributed by atoms with van der Waals surface area (Å²) in [5.41, 5.74) is 9.08. The second kappa shape index (κ2) is 7.95. The van der Waals surface area contributed by atoms with Crippen LogP contribution in [0.2, 0.25) is 0 Å². The van der Waals surface area contributed by atoms with Gasteiger partial charge in [-0.1, -0.05) is 24.3 Å². The molecule has 0 amide bonds. The van der Waals surface area contributed by atoms with E-state index >= 15 is 0 Å². The van der Waals surface area contributed by atoms with Crippen molar-refractivity contribution in [3.8, 4) is 11.3 Å². The highest BCUT2D eigenvalue weighted by atomic mass is 16.5. The third-order valence-electron chi connectivity index (χ3n) is 4.96. The van der Waals surface area contributed by atoms with Crippen molar-refractivity contribution in [2.45, 2.75) is 31.3 Å². The van der Waals surface area contributed by atoms with Crippen molar-refractivity contribution in [2.75, 3.05) is 18.5 Å². The van der Waals surface area contributed by atoms with Crippen molar-refractivity contribution in [1.29, 1.82) is 0 Å². The number of imidazole rings is 1. The second-order valence-electron chi connectivity index (χ2n) is 7.01. The van der Waals surface area contributed by atoms with Gasteiger partial charge in [0.15, 0.2) is 5.65 Å². The number of anilines is 1. The number of nitrogens with zero attached hydrogens (tertiary/aromatic N) is 3. The van der Waals surface area contributed by atoms with E-state index in [-0.39, 0.29) is 0 Å². The second-order valence-corrected chi connectivity index (χ2v) is 7.01. The number of aliphatic carboxylic acids is 1. The summed E-state index contributed by atoms with van der Waals surface area (Å²) in [6, 6.07) is 11.0. The lowest BCUT2D eigenvalue weighted by atomic mass is 10.0. The zero-order chi connectivity index (χ0) is 19.5. The Morgan fingerprint density at radius 2 is 2.00 bits per heavy atom. The molecule has 1 fully saturated rings. The minimum absolute atomic E-state index is 0.292. The summed E-state index contributed by atoms with van der Waals surface area (Å²) in [5, 5.41) is 17.1. The molecule has 0 saturated carbocycles. The van der Waals surface area contributed by atoms with Gasteiger partial charge in [0.05, 0.1) is 11.9 Å². The number of ether oxygens (including phenoxy) is 1. The molecule has 1 aromatic carbocycles. The van der Waals surface area contributed by atoms with Gasteiger partial charge in [-0.3, -0.25) is 4.79 Å². The molecule has 4 rings (SSSR count). The molecule has 2 aromatic heterocycles. The Labute approximate surface area is 162 Å². The summed E-state index contributed by atoms with van der Waals surface area (Å²) in [6.45, 7) is 1.54. The predicted molar refractivity (Wildman–Crippen MR) is 105 cm³/mol. The van der Waals surface area contributed by atoms with Crippen molar-refractivity contribution in [3.63, 3.8) is 0 Å². The molecule has 3 aromatic rings. The molecular weight excluding hydrogens is 358 g/mol. The SMILES string of the molecule is N[C@@H](Cc1ccc(-c2cnc3ccc(NC4CCOCC4)nn23)cc1)C(=O)O. The minimum Gasteiger partial charge on any atom is -0.480 e. The first-order chi connectivity index (χ1) is 13.6. The van der Waals surface area contributed by atoms with Gasteiger partial charge in [-0.05, 0) is 37.0 Å². The molecule has 4 N–H and O–H groups in total. The van der Waals surface area contributed by atoms with Crippen LogP contribution < -0.4 is 11.1 Å². The largest absolute Gasteiger partial charge is 0.480 e. The van der Waals surface area contributed by atoms with Crippen LogP contribution in [-0.4, -0.2) is 51.0 Å². The number of rotatable bonds is 6. The van der Waals surface area contributed by atoms with E-state index in [1.165, 1.54) is 0 Å². The predicted octanol–water partition coefficient (Wildman–Crippen LogP) is 1.94. The molecule has 1 aliphatic rings. The number of hydrogen-bond donors (Lipinski definition) is 3. The molecule has 0 radical (unpaired) electrons. The normalized spacial score (nSPS) is 16.2. The van der Waals surface area contributed by atoms with Gasteiger partial charge >= 0.3 is 5.97 Å². The summed E-state index contributed by atoms with van der Waals surface area (Å²) in [4.78, 5) is 15.4. The van der Waals surface area contributed by atoms with E-state index in [1.54, 1.807) is 6.20 Å². The number of nitrogens with one attached hydrogen (secondary N) is 1. The Morgan fingerprint density at radius 1 is 1.25 bits per heavy atom. The smallest absolute Gasteiger partial charge is 0.320 e. The molecule has 0 bridgehead atoms. The lowest BCUT2D eigenvalue weighted by Crippen LogP contribution is -2.32. The van der Waals surface area contributed by atoms with Crippen molar-refractivity contribution in [1.82, 2.24) is 14.6 Å². The Bertz CT molecular complexity index is 964. The van der Waals surface area contributed by atoms with Gasteiger partial charge in [0.25, 0.3) is 0 Å². The number of fused-ring (bicyclic) bond motifs is 1. The number of nitrogens with two attached hydrogens (primary N) is 1. The van der Waals surface area contributed by atoms with Gasteiger partial charge in [-0.25, -0.2) is 9.50 Å². The van der Waals surface area contributed by atoms with Gasteiger partial charge < -0.3 is 20.9 Å². The van der Waals surface area contributed by atoms with E-state index in [9.17, 15) is 4.79 Å². The van der Waals surface area contributed by atoms with Crippen LogP contribution in [0.1, 0.15) is 18.4 Å². The number of carboxylic acids is 1. The molecule has 1 atom stereocenters. The molecule has 8 nitrogen and oxygen atoms in total. The molecule has 3 heterocycles. The summed E-state index contributed by atoms with van der Waals surface area (Å²) in [6.07, 6.45) is 4.02. The number of hydrogen-bond acceptors (Lipinski definition) is 6. The van der Waals surface area contributed by atoms with Gasteiger partial charge in [-0.2, -0.15) is 0 Å². The van der Waals surface area contributed by atoms with Gasteiger partial charge in [0.1, 0.15) is 11.9 Å². The van der Waals surface area contributed by atoms with Gasteiger partial charge in [0, 0.05) is 24.8 Å². The van der Waals surface area contributed by atoms with Crippen molar-refractivity contribution in [3.05, 3.63) is 48.2 Å². The maximum Gasteiger partial charge on any atom is 0.320 e. The molecule has 1 saturated heterocycles. The van der Waals surface area contributed by atoms with E-state index < -0.39 is 12.0 Å². The number of carboxylic acid groups (broad SMARTS) is 1. The Morgan fingerprint density at radius 3 is 2.71 bits per heavy atom. The summed E-state index contributed by atoms with van der Waals surface area (Å²) >= 11 is 0. The average Bonchev–Trinajstić information content (AvgIpc) is 3.12. The van der Waals surface area contributed by atoms with E-state index in [2.05, 4.69) is 10.3 Å². The molecule has 28 heavy (non-hydrogen) atoms. The Kier molecular flexibility index (Phi) is 5.23. The van der Waals surface area contributed by atoms with Crippen LogP contribution >= 0.6 is 0 Å². The van der Waals surface area contributed by atoms with E-state index in [0.29, 0.717) is 12.5 Å². The number of aromatic nitrogens is 3. The zero-order valence-corrected chi connectivity index (χ0v) is 15.4. The number of carbonyl (C=O) groups is 1. The van der Waals surface area contributed by atoms with Crippen LogP contribution in [0.5, 0.6) is 0 Å². The molecule has 1 aliphatic heterocycles. The topological polar surface area (TPSA) is 115 Å². The third-order valence-corrected chi connectivity index (χ3v) is 4.96. The molecule has 8 heteroatoms. The highest BCUT2D eigenvalue weighted by molar-refractivity contribution is 5.73. The molecular formula is C20H23N5O3.